The van der Waals surface area contributed by atoms with E-state index < -0.39 is 5.91 Å². The normalized spacial score (nSPS) is 17.4. The summed E-state index contributed by atoms with van der Waals surface area (Å²) < 4.78 is 1.74. The molecule has 0 radical (unpaired) electrons. The molecule has 0 spiro atoms. The van der Waals surface area contributed by atoms with E-state index in [1.165, 1.54) is 11.3 Å². The van der Waals surface area contributed by atoms with Crippen molar-refractivity contribution in [2.24, 2.45) is 11.7 Å². The number of rotatable bonds is 3. The molecule has 0 bridgehead atoms. The van der Waals surface area contributed by atoms with Crippen molar-refractivity contribution in [3.8, 4) is 10.6 Å². The van der Waals surface area contributed by atoms with E-state index in [0.717, 1.165) is 16.3 Å². The number of aliphatic hydroxyl groups excluding tert-OH is 1. The first kappa shape index (κ1) is 17.3. The molecular weight excluding hydrogens is 362 g/mol. The molecule has 0 unspecified atom stereocenters. The highest BCUT2D eigenvalue weighted by molar-refractivity contribution is 7.13. The lowest BCUT2D eigenvalue weighted by molar-refractivity contribution is 0.100. The van der Waals surface area contributed by atoms with E-state index in [0.29, 0.717) is 23.0 Å². The number of nitrogens with zero attached hydrogens (tertiary/aromatic N) is 3. The molecule has 1 aliphatic rings. The van der Waals surface area contributed by atoms with Crippen LogP contribution in [0.4, 0.5) is 5.82 Å². The predicted molar refractivity (Wildman–Crippen MR) is 107 cm³/mol. The summed E-state index contributed by atoms with van der Waals surface area (Å²) in [4.78, 5) is 21.0. The van der Waals surface area contributed by atoms with Crippen LogP contribution in [0.1, 0.15) is 30.6 Å². The molecule has 0 saturated carbocycles. The quantitative estimate of drug-likeness (QED) is 0.641. The molecule has 1 amide bonds. The number of carbonyl (C=O) groups is 1. The molecule has 3 heterocycles. The molecule has 138 valence electrons. The van der Waals surface area contributed by atoms with Crippen molar-refractivity contribution < 1.29 is 9.90 Å². The maximum absolute atomic E-state index is 12.2. The fourth-order valence-electron chi connectivity index (χ4n) is 3.61. The number of hydrogen-bond donors (Lipinski definition) is 3. The molecule has 3 aromatic heterocycles. The number of nitrogen functional groups attached to an aromatic ring is 1. The van der Waals surface area contributed by atoms with Gasteiger partial charge in [-0.2, -0.15) is 0 Å². The molecule has 4 rings (SSSR count). The Hall–Kier alpha value is -3.13. The summed E-state index contributed by atoms with van der Waals surface area (Å²) in [5.74, 6) is -0.0719. The SMILES string of the molecule is CC1=C(n2c(N)c(C(N)=O)c3cc(-c4nccs4)cnc32)[C@H](C)CC=C1O. The molecule has 0 saturated heterocycles. The van der Waals surface area contributed by atoms with Crippen molar-refractivity contribution in [2.75, 3.05) is 5.73 Å². The fraction of sp³-hybridized carbons (Fsp3) is 0.211. The molecule has 5 N–H and O–H groups in total. The highest BCUT2D eigenvalue weighted by Crippen LogP contribution is 2.39. The summed E-state index contributed by atoms with van der Waals surface area (Å²) in [5.41, 5.74) is 15.1. The van der Waals surface area contributed by atoms with Gasteiger partial charge in [-0.25, -0.2) is 9.97 Å². The number of fused-ring (bicyclic) bond motifs is 1. The summed E-state index contributed by atoms with van der Waals surface area (Å²) in [6, 6.07) is 1.84. The summed E-state index contributed by atoms with van der Waals surface area (Å²) in [7, 11) is 0. The molecule has 0 fully saturated rings. The lowest BCUT2D eigenvalue weighted by Gasteiger charge is -2.24. The molecular formula is C19H19N5O2S. The van der Waals surface area contributed by atoms with E-state index in [9.17, 15) is 9.90 Å². The zero-order chi connectivity index (χ0) is 19.3. The average molecular weight is 381 g/mol. The first-order valence-electron chi connectivity index (χ1n) is 8.50. The molecule has 27 heavy (non-hydrogen) atoms. The number of nitrogens with two attached hydrogens (primary N) is 2. The van der Waals surface area contributed by atoms with Gasteiger partial charge in [0.25, 0.3) is 5.91 Å². The second-order valence-electron chi connectivity index (χ2n) is 6.63. The third-order valence-corrected chi connectivity index (χ3v) is 5.73. The van der Waals surface area contributed by atoms with Crippen molar-refractivity contribution in [1.29, 1.82) is 0 Å². The molecule has 3 aromatic rings. The van der Waals surface area contributed by atoms with E-state index in [1.54, 1.807) is 23.0 Å². The zero-order valence-electron chi connectivity index (χ0n) is 14.9. The van der Waals surface area contributed by atoms with Gasteiger partial charge in [-0.3, -0.25) is 9.36 Å². The second kappa shape index (κ2) is 6.24. The van der Waals surface area contributed by atoms with Gasteiger partial charge in [0.15, 0.2) is 0 Å². The van der Waals surface area contributed by atoms with Crippen molar-refractivity contribution in [2.45, 2.75) is 20.3 Å². The van der Waals surface area contributed by atoms with Gasteiger partial charge in [0.2, 0.25) is 0 Å². The highest BCUT2D eigenvalue weighted by atomic mass is 32.1. The fourth-order valence-corrected chi connectivity index (χ4v) is 4.23. The minimum Gasteiger partial charge on any atom is -0.508 e. The van der Waals surface area contributed by atoms with Crippen LogP contribution in [-0.2, 0) is 0 Å². The van der Waals surface area contributed by atoms with Crippen LogP contribution < -0.4 is 11.5 Å². The van der Waals surface area contributed by atoms with Crippen molar-refractivity contribution >= 4 is 39.8 Å². The molecule has 0 aliphatic heterocycles. The second-order valence-corrected chi connectivity index (χ2v) is 7.52. The Morgan fingerprint density at radius 2 is 2.19 bits per heavy atom. The minimum atomic E-state index is -0.615. The van der Waals surface area contributed by atoms with Gasteiger partial charge in [-0.1, -0.05) is 6.92 Å². The van der Waals surface area contributed by atoms with Crippen LogP contribution in [0, 0.1) is 5.92 Å². The molecule has 8 heteroatoms. The number of pyridine rings is 1. The highest BCUT2D eigenvalue weighted by Gasteiger charge is 2.28. The summed E-state index contributed by atoms with van der Waals surface area (Å²) in [6.07, 6.45) is 5.88. The van der Waals surface area contributed by atoms with E-state index in [2.05, 4.69) is 9.97 Å². The summed E-state index contributed by atoms with van der Waals surface area (Å²) in [5, 5.41) is 13.5. The van der Waals surface area contributed by atoms with Crippen LogP contribution in [0.3, 0.4) is 0 Å². The lowest BCUT2D eigenvalue weighted by Crippen LogP contribution is -2.17. The Bertz CT molecular complexity index is 1120. The molecule has 1 aliphatic carbocycles. The monoisotopic (exact) mass is 381 g/mol. The van der Waals surface area contributed by atoms with Crippen LogP contribution in [0.25, 0.3) is 27.3 Å². The van der Waals surface area contributed by atoms with Crippen LogP contribution >= 0.6 is 11.3 Å². The first-order valence-corrected chi connectivity index (χ1v) is 9.38. The summed E-state index contributed by atoms with van der Waals surface area (Å²) >= 11 is 1.48. The number of allylic oxidation sites excluding steroid dienone is 3. The van der Waals surface area contributed by atoms with Crippen LogP contribution in [0.5, 0.6) is 0 Å². The lowest BCUT2D eigenvalue weighted by atomic mass is 9.93. The molecule has 0 aromatic carbocycles. The first-order chi connectivity index (χ1) is 12.9. The molecule has 7 nitrogen and oxygen atoms in total. The van der Waals surface area contributed by atoms with Gasteiger partial charge >= 0.3 is 0 Å². The van der Waals surface area contributed by atoms with Gasteiger partial charge in [0.1, 0.15) is 22.2 Å². The Labute approximate surface area is 159 Å². The number of thiazole rings is 1. The Kier molecular flexibility index (Phi) is 4.00. The zero-order valence-corrected chi connectivity index (χ0v) is 15.7. The van der Waals surface area contributed by atoms with E-state index in [4.69, 9.17) is 11.5 Å². The van der Waals surface area contributed by atoms with Gasteiger partial charge in [-0.05, 0) is 25.5 Å². The van der Waals surface area contributed by atoms with E-state index in [1.807, 2.05) is 25.3 Å². The Morgan fingerprint density at radius 1 is 1.41 bits per heavy atom. The number of carbonyl (C=O) groups excluding carboxylic acids is 1. The van der Waals surface area contributed by atoms with Crippen molar-refractivity contribution in [3.05, 3.63) is 46.8 Å². The van der Waals surface area contributed by atoms with Gasteiger partial charge in [0, 0.05) is 45.9 Å². The van der Waals surface area contributed by atoms with E-state index >= 15 is 0 Å². The minimum absolute atomic E-state index is 0.0972. The van der Waals surface area contributed by atoms with Crippen molar-refractivity contribution in [3.63, 3.8) is 0 Å². The third-order valence-electron chi connectivity index (χ3n) is 4.91. The third kappa shape index (κ3) is 2.60. The topological polar surface area (TPSA) is 120 Å². The van der Waals surface area contributed by atoms with Gasteiger partial charge < -0.3 is 16.6 Å². The van der Waals surface area contributed by atoms with E-state index in [-0.39, 0.29) is 23.1 Å². The average Bonchev–Trinajstić information content (AvgIpc) is 3.25. The largest absolute Gasteiger partial charge is 0.508 e. The number of amides is 1. The number of primary amides is 1. The number of hydrogen-bond acceptors (Lipinski definition) is 6. The van der Waals surface area contributed by atoms with Crippen molar-refractivity contribution in [1.82, 2.24) is 14.5 Å². The maximum Gasteiger partial charge on any atom is 0.253 e. The predicted octanol–water partition coefficient (Wildman–Crippen LogP) is 3.55. The van der Waals surface area contributed by atoms with Gasteiger partial charge in [0.05, 0.1) is 5.56 Å². The van der Waals surface area contributed by atoms with Crippen LogP contribution in [-0.4, -0.2) is 25.5 Å². The number of aliphatic hydroxyl groups is 1. The Morgan fingerprint density at radius 3 is 2.85 bits per heavy atom. The van der Waals surface area contributed by atoms with Gasteiger partial charge in [-0.15, -0.1) is 11.3 Å². The molecule has 1 atom stereocenters. The summed E-state index contributed by atoms with van der Waals surface area (Å²) in [6.45, 7) is 3.87. The maximum atomic E-state index is 12.2. The Balaban J connectivity index is 2.05. The number of aromatic nitrogens is 3. The van der Waals surface area contributed by atoms with Crippen LogP contribution in [0.15, 0.2) is 41.2 Å². The standard InChI is InChI=1S/C19H19N5O2S/c1-9-3-4-13(25)10(2)15(9)24-16(20)14(17(21)26)12-7-11(8-23-18(12)24)19-22-5-6-27-19/h4-9,25H,3,20H2,1-2H3,(H2,21,26)/t9-/m1/s1. The number of anilines is 1. The van der Waals surface area contributed by atoms with Crippen LogP contribution in [0.2, 0.25) is 0 Å². The smallest absolute Gasteiger partial charge is 0.253 e.